The Kier molecular flexibility index (Phi) is 30.2. The number of thiophene rings is 3. The first kappa shape index (κ1) is 60.4. The van der Waals surface area contributed by atoms with Gasteiger partial charge in [-0.1, -0.05) is 123 Å². The number of hydrogen-bond acceptors (Lipinski definition) is 4. The van der Waals surface area contributed by atoms with Gasteiger partial charge in [0.05, 0.1) is 11.7 Å². The fourth-order valence-electron chi connectivity index (χ4n) is 7.72. The Labute approximate surface area is 372 Å². The zero-order chi connectivity index (χ0) is 45.8. The Bertz CT molecular complexity index is 1300. The Morgan fingerprint density at radius 3 is 0.842 bits per heavy atom. The molecule has 6 rings (SSSR count). The third-order valence-electron chi connectivity index (χ3n) is 14.0. The van der Waals surface area contributed by atoms with E-state index in [1.165, 1.54) is 101 Å². The minimum absolute atomic E-state index is 0.00199. The molecule has 4 heterocycles. The first-order valence-electron chi connectivity index (χ1n) is 23.2. The van der Waals surface area contributed by atoms with E-state index < -0.39 is 0 Å². The highest BCUT2D eigenvalue weighted by Crippen LogP contribution is 2.61. The third-order valence-corrected chi connectivity index (χ3v) is 17.7. The molecule has 0 radical (unpaired) electrons. The normalized spacial score (nSPS) is 21.3. The van der Waals surface area contributed by atoms with Crippen molar-refractivity contribution in [3.05, 3.63) is 62.6 Å². The van der Waals surface area contributed by atoms with Crippen LogP contribution in [-0.4, -0.2) is 11.7 Å². The highest BCUT2D eigenvalue weighted by molar-refractivity contribution is 7.12. The van der Waals surface area contributed by atoms with Gasteiger partial charge in [-0.05, 0) is 172 Å². The Morgan fingerprint density at radius 1 is 0.404 bits per heavy atom. The van der Waals surface area contributed by atoms with Crippen molar-refractivity contribution in [1.29, 1.82) is 0 Å². The monoisotopic (exact) mass is 849 g/mol. The minimum Gasteiger partial charge on any atom is -0.371 e. The van der Waals surface area contributed by atoms with Gasteiger partial charge in [0.2, 0.25) is 0 Å². The summed E-state index contributed by atoms with van der Waals surface area (Å²) in [5, 5.41) is 0. The summed E-state index contributed by atoms with van der Waals surface area (Å²) in [6, 6.07) is 0. The van der Waals surface area contributed by atoms with Gasteiger partial charge in [-0.3, -0.25) is 0 Å². The van der Waals surface area contributed by atoms with Crippen molar-refractivity contribution in [2.75, 3.05) is 0 Å². The van der Waals surface area contributed by atoms with Crippen LogP contribution in [0.4, 0.5) is 0 Å². The molecule has 1 aliphatic heterocycles. The molecule has 3 aromatic rings. The summed E-state index contributed by atoms with van der Waals surface area (Å²) in [5.41, 5.74) is 9.45. The number of hydrogen-bond donors (Lipinski definition) is 0. The zero-order valence-electron chi connectivity index (χ0n) is 43.7. The van der Waals surface area contributed by atoms with E-state index in [1.807, 2.05) is 89.4 Å². The number of ether oxygens (including phenoxy) is 1. The molecule has 0 N–H and O–H groups in total. The van der Waals surface area contributed by atoms with Crippen molar-refractivity contribution in [2.45, 2.75) is 244 Å². The lowest BCUT2D eigenvalue weighted by molar-refractivity contribution is -0.250. The molecule has 0 aromatic carbocycles. The van der Waals surface area contributed by atoms with Gasteiger partial charge < -0.3 is 4.74 Å². The molecular weight excluding hydrogens is 749 g/mol. The van der Waals surface area contributed by atoms with Gasteiger partial charge in [-0.25, -0.2) is 0 Å². The topological polar surface area (TPSA) is 9.23 Å². The second kappa shape index (κ2) is 28.6. The molecule has 3 aliphatic rings. The standard InChI is InChI=1S/C14H26O.3C8H12S.C7H14.4C2H6/c1-12(2)10-8-7-9-11(10)15-14(5,6)13(12,3)4;3*1-5-6(2)8(4)9-7(5)3;1-6-4-3-5-7(6)2;4*1-2/h10-11H,7-9H2,1-6H3;3*1-4H3;6-7H,3-5H2,1-2H3;4*1-2H3. The second-order valence-corrected chi connectivity index (χ2v) is 21.6. The minimum atomic E-state index is 0.00199. The average Bonchev–Trinajstić information content (AvgIpc) is 3.96. The van der Waals surface area contributed by atoms with Crippen molar-refractivity contribution < 1.29 is 4.74 Å². The Balaban J connectivity index is -0.000000624. The molecule has 4 atom stereocenters. The van der Waals surface area contributed by atoms with Crippen LogP contribution in [0.5, 0.6) is 0 Å². The summed E-state index contributed by atoms with van der Waals surface area (Å²) in [6.45, 7) is 61.1. The van der Waals surface area contributed by atoms with Crippen LogP contribution in [0.1, 0.15) is 212 Å². The SMILES string of the molecule is CC.CC.CC.CC.CC1(C)OC2CCCC2C(C)(C)C1(C)C.CC1CCCC1C.Cc1sc(C)c(C)c1C.Cc1sc(C)c(C)c1C.Cc1sc(C)c(C)c1C. The van der Waals surface area contributed by atoms with E-state index in [0.717, 1.165) is 17.8 Å². The van der Waals surface area contributed by atoms with Crippen molar-refractivity contribution in [2.24, 2.45) is 28.6 Å². The fraction of sp³-hybridized carbons (Fsp3) is 0.774. The van der Waals surface area contributed by atoms with Crippen LogP contribution in [0.2, 0.25) is 0 Å². The summed E-state index contributed by atoms with van der Waals surface area (Å²) >= 11 is 5.69. The summed E-state index contributed by atoms with van der Waals surface area (Å²) < 4.78 is 6.35. The Morgan fingerprint density at radius 2 is 0.649 bits per heavy atom. The van der Waals surface area contributed by atoms with E-state index >= 15 is 0 Å². The van der Waals surface area contributed by atoms with Gasteiger partial charge in [0.25, 0.3) is 0 Å². The quantitative estimate of drug-likeness (QED) is 0.219. The molecular formula is C53H100OS3. The molecule has 4 heteroatoms. The molecule has 2 saturated carbocycles. The smallest absolute Gasteiger partial charge is 0.0686 e. The fourth-order valence-corrected chi connectivity index (χ4v) is 10.9. The maximum absolute atomic E-state index is 6.35. The highest BCUT2D eigenvalue weighted by Gasteiger charge is 2.59. The summed E-state index contributed by atoms with van der Waals surface area (Å²) in [7, 11) is 0. The van der Waals surface area contributed by atoms with Crippen LogP contribution in [0, 0.1) is 112 Å². The molecule has 0 bridgehead atoms. The maximum Gasteiger partial charge on any atom is 0.0686 e. The zero-order valence-corrected chi connectivity index (χ0v) is 46.1. The lowest BCUT2D eigenvalue weighted by atomic mass is 9.52. The van der Waals surface area contributed by atoms with E-state index in [9.17, 15) is 0 Å². The van der Waals surface area contributed by atoms with Crippen molar-refractivity contribution in [3.63, 3.8) is 0 Å². The van der Waals surface area contributed by atoms with E-state index in [1.54, 1.807) is 0 Å². The van der Waals surface area contributed by atoms with E-state index in [-0.39, 0.29) is 11.0 Å². The molecule has 1 saturated heterocycles. The van der Waals surface area contributed by atoms with Gasteiger partial charge in [-0.2, -0.15) is 0 Å². The third kappa shape index (κ3) is 16.8. The van der Waals surface area contributed by atoms with E-state index in [0.29, 0.717) is 11.5 Å². The highest BCUT2D eigenvalue weighted by atomic mass is 32.1. The lowest BCUT2D eigenvalue weighted by Gasteiger charge is -2.60. The number of rotatable bonds is 0. The molecule has 4 unspecified atom stereocenters. The predicted molar refractivity (Wildman–Crippen MR) is 271 cm³/mol. The number of fused-ring (bicyclic) bond motifs is 1. The average molecular weight is 850 g/mol. The summed E-state index contributed by atoms with van der Waals surface area (Å²) in [5.74, 6) is 2.79. The van der Waals surface area contributed by atoms with E-state index in [2.05, 4.69) is 138 Å². The van der Waals surface area contributed by atoms with Gasteiger partial charge in [0, 0.05) is 29.3 Å². The van der Waals surface area contributed by atoms with E-state index in [4.69, 9.17) is 4.74 Å². The van der Waals surface area contributed by atoms with Crippen LogP contribution in [0.3, 0.4) is 0 Å². The van der Waals surface area contributed by atoms with Crippen LogP contribution in [0.15, 0.2) is 0 Å². The van der Waals surface area contributed by atoms with Crippen LogP contribution in [-0.2, 0) is 4.74 Å². The van der Waals surface area contributed by atoms with Gasteiger partial charge in [0.1, 0.15) is 0 Å². The first-order valence-corrected chi connectivity index (χ1v) is 25.6. The molecule has 57 heavy (non-hydrogen) atoms. The summed E-state index contributed by atoms with van der Waals surface area (Å²) in [6.07, 6.45) is 8.92. The molecule has 1 nitrogen and oxygen atoms in total. The molecule has 0 spiro atoms. The molecule has 0 amide bonds. The lowest BCUT2D eigenvalue weighted by Crippen LogP contribution is -2.61. The predicted octanol–water partition coefficient (Wildman–Crippen LogP) is 19.5. The van der Waals surface area contributed by atoms with Gasteiger partial charge >= 0.3 is 0 Å². The molecule has 3 aromatic heterocycles. The van der Waals surface area contributed by atoms with Crippen molar-refractivity contribution >= 4 is 34.0 Å². The van der Waals surface area contributed by atoms with Crippen LogP contribution >= 0.6 is 34.0 Å². The van der Waals surface area contributed by atoms with Crippen molar-refractivity contribution in [3.8, 4) is 0 Å². The first-order chi connectivity index (χ1) is 26.4. The molecule has 3 fully saturated rings. The van der Waals surface area contributed by atoms with Crippen LogP contribution in [0.25, 0.3) is 0 Å². The summed E-state index contributed by atoms with van der Waals surface area (Å²) in [4.78, 5) is 8.78. The maximum atomic E-state index is 6.35. The largest absolute Gasteiger partial charge is 0.371 e. The Hall–Kier alpha value is -0.940. The molecule has 2 aliphatic carbocycles. The van der Waals surface area contributed by atoms with Crippen LogP contribution < -0.4 is 0 Å². The van der Waals surface area contributed by atoms with Gasteiger partial charge in [0.15, 0.2) is 0 Å². The molecule has 336 valence electrons. The van der Waals surface area contributed by atoms with Crippen molar-refractivity contribution in [1.82, 2.24) is 0 Å². The number of aryl methyl sites for hydroxylation is 6. The second-order valence-electron chi connectivity index (χ2n) is 17.3. The van der Waals surface area contributed by atoms with Gasteiger partial charge in [-0.15, -0.1) is 34.0 Å².